The zero-order valence-electron chi connectivity index (χ0n) is 12.6. The SMILES string of the molecule is O=C(NC1(c2ccc3c(c2)OCCO3)CC1)C1CCOCC1. The van der Waals surface area contributed by atoms with Gasteiger partial charge in [0.1, 0.15) is 13.2 Å². The van der Waals surface area contributed by atoms with E-state index in [2.05, 4.69) is 5.32 Å². The van der Waals surface area contributed by atoms with Gasteiger partial charge in [-0.1, -0.05) is 6.07 Å². The zero-order valence-corrected chi connectivity index (χ0v) is 12.6. The van der Waals surface area contributed by atoms with Gasteiger partial charge in [-0.3, -0.25) is 4.79 Å². The molecule has 1 aromatic carbocycles. The van der Waals surface area contributed by atoms with Crippen molar-refractivity contribution in [1.82, 2.24) is 5.32 Å². The fourth-order valence-electron chi connectivity index (χ4n) is 3.25. The van der Waals surface area contributed by atoms with Crippen molar-refractivity contribution in [3.63, 3.8) is 0 Å². The highest BCUT2D eigenvalue weighted by molar-refractivity contribution is 5.80. The zero-order chi connectivity index (χ0) is 15.0. The molecule has 3 aliphatic rings. The van der Waals surface area contributed by atoms with Crippen LogP contribution in [0.2, 0.25) is 0 Å². The van der Waals surface area contributed by atoms with Crippen LogP contribution in [-0.4, -0.2) is 32.3 Å². The van der Waals surface area contributed by atoms with Crippen LogP contribution in [0.3, 0.4) is 0 Å². The van der Waals surface area contributed by atoms with Gasteiger partial charge in [-0.25, -0.2) is 0 Å². The molecule has 5 nitrogen and oxygen atoms in total. The summed E-state index contributed by atoms with van der Waals surface area (Å²) in [6.07, 6.45) is 3.62. The molecule has 1 saturated carbocycles. The molecule has 22 heavy (non-hydrogen) atoms. The summed E-state index contributed by atoms with van der Waals surface area (Å²) >= 11 is 0. The van der Waals surface area contributed by atoms with Gasteiger partial charge in [0.2, 0.25) is 5.91 Å². The Hall–Kier alpha value is -1.75. The van der Waals surface area contributed by atoms with Crippen LogP contribution in [-0.2, 0) is 15.1 Å². The normalized spacial score (nSPS) is 22.9. The molecule has 2 fully saturated rings. The Morgan fingerprint density at radius 2 is 1.77 bits per heavy atom. The number of hydrogen-bond donors (Lipinski definition) is 1. The van der Waals surface area contributed by atoms with Crippen molar-refractivity contribution in [2.24, 2.45) is 5.92 Å². The van der Waals surface area contributed by atoms with Gasteiger partial charge in [-0.2, -0.15) is 0 Å². The lowest BCUT2D eigenvalue weighted by atomic mass is 9.97. The van der Waals surface area contributed by atoms with Gasteiger partial charge in [-0.05, 0) is 43.4 Å². The van der Waals surface area contributed by atoms with E-state index in [-0.39, 0.29) is 17.4 Å². The van der Waals surface area contributed by atoms with Crippen molar-refractivity contribution in [3.8, 4) is 11.5 Å². The number of amides is 1. The van der Waals surface area contributed by atoms with E-state index in [9.17, 15) is 4.79 Å². The van der Waals surface area contributed by atoms with Crippen LogP contribution in [0, 0.1) is 5.92 Å². The molecule has 1 aromatic rings. The fourth-order valence-corrected chi connectivity index (χ4v) is 3.25. The summed E-state index contributed by atoms with van der Waals surface area (Å²) in [7, 11) is 0. The van der Waals surface area contributed by atoms with Gasteiger partial charge in [0, 0.05) is 19.1 Å². The molecule has 0 unspecified atom stereocenters. The molecule has 5 heteroatoms. The van der Waals surface area contributed by atoms with Crippen LogP contribution in [0.1, 0.15) is 31.2 Å². The second kappa shape index (κ2) is 5.47. The van der Waals surface area contributed by atoms with E-state index in [0.29, 0.717) is 26.4 Å². The first kappa shape index (κ1) is 13.9. The van der Waals surface area contributed by atoms with E-state index >= 15 is 0 Å². The number of fused-ring (bicyclic) bond motifs is 1. The standard InChI is InChI=1S/C17H21NO4/c19-16(12-3-7-20-8-4-12)18-17(5-6-17)13-1-2-14-15(11-13)22-10-9-21-14/h1-2,11-12H,3-10H2,(H,18,19). The number of benzene rings is 1. The lowest BCUT2D eigenvalue weighted by Crippen LogP contribution is -2.40. The Morgan fingerprint density at radius 1 is 1.05 bits per heavy atom. The first-order valence-electron chi connectivity index (χ1n) is 8.07. The summed E-state index contributed by atoms with van der Waals surface area (Å²) < 4.78 is 16.5. The minimum absolute atomic E-state index is 0.0865. The average Bonchev–Trinajstić information content (AvgIpc) is 3.36. The van der Waals surface area contributed by atoms with Crippen molar-refractivity contribution < 1.29 is 19.0 Å². The number of carbonyl (C=O) groups excluding carboxylic acids is 1. The molecule has 0 bridgehead atoms. The minimum atomic E-state index is -0.203. The lowest BCUT2D eigenvalue weighted by molar-refractivity contribution is -0.128. The molecule has 118 valence electrons. The van der Waals surface area contributed by atoms with Gasteiger partial charge in [0.25, 0.3) is 0 Å². The number of hydrogen-bond acceptors (Lipinski definition) is 4. The molecule has 4 rings (SSSR count). The van der Waals surface area contributed by atoms with E-state index in [1.807, 2.05) is 18.2 Å². The van der Waals surface area contributed by atoms with Gasteiger partial charge in [-0.15, -0.1) is 0 Å². The molecule has 0 radical (unpaired) electrons. The molecule has 0 atom stereocenters. The Balaban J connectivity index is 1.50. The summed E-state index contributed by atoms with van der Waals surface area (Å²) in [5.41, 5.74) is 0.919. The monoisotopic (exact) mass is 303 g/mol. The van der Waals surface area contributed by atoms with Gasteiger partial charge < -0.3 is 19.5 Å². The third-order valence-corrected chi connectivity index (χ3v) is 4.80. The summed E-state index contributed by atoms with van der Waals surface area (Å²) in [5, 5.41) is 3.27. The van der Waals surface area contributed by atoms with Crippen LogP contribution in [0.15, 0.2) is 18.2 Å². The molecule has 1 amide bonds. The molecule has 1 N–H and O–H groups in total. The molecule has 2 heterocycles. The number of nitrogens with one attached hydrogen (secondary N) is 1. The summed E-state index contributed by atoms with van der Waals surface area (Å²) in [4.78, 5) is 12.5. The molecule has 1 saturated heterocycles. The maximum Gasteiger partial charge on any atom is 0.223 e. The smallest absolute Gasteiger partial charge is 0.223 e. The predicted molar refractivity (Wildman–Crippen MR) is 80.0 cm³/mol. The van der Waals surface area contributed by atoms with Crippen molar-refractivity contribution in [2.75, 3.05) is 26.4 Å². The van der Waals surface area contributed by atoms with Crippen LogP contribution in [0.5, 0.6) is 11.5 Å². The highest BCUT2D eigenvalue weighted by Gasteiger charge is 2.47. The van der Waals surface area contributed by atoms with Crippen LogP contribution in [0.4, 0.5) is 0 Å². The Kier molecular flexibility index (Phi) is 3.45. The number of rotatable bonds is 3. The topological polar surface area (TPSA) is 56.8 Å². The third kappa shape index (κ3) is 2.54. The Labute approximate surface area is 129 Å². The Bertz CT molecular complexity index is 576. The molecular weight excluding hydrogens is 282 g/mol. The van der Waals surface area contributed by atoms with Crippen molar-refractivity contribution in [1.29, 1.82) is 0 Å². The highest BCUT2D eigenvalue weighted by Crippen LogP contribution is 2.48. The average molecular weight is 303 g/mol. The first-order valence-corrected chi connectivity index (χ1v) is 8.07. The molecule has 0 spiro atoms. The molecule has 2 aliphatic heterocycles. The van der Waals surface area contributed by atoms with Gasteiger partial charge in [0.15, 0.2) is 11.5 Å². The predicted octanol–water partition coefficient (Wildman–Crippen LogP) is 1.99. The van der Waals surface area contributed by atoms with Crippen LogP contribution >= 0.6 is 0 Å². The van der Waals surface area contributed by atoms with Crippen molar-refractivity contribution in [2.45, 2.75) is 31.2 Å². The van der Waals surface area contributed by atoms with E-state index < -0.39 is 0 Å². The lowest BCUT2D eigenvalue weighted by Gasteiger charge is -2.26. The Morgan fingerprint density at radius 3 is 2.50 bits per heavy atom. The van der Waals surface area contributed by atoms with Crippen molar-refractivity contribution >= 4 is 5.91 Å². The maximum atomic E-state index is 12.5. The quantitative estimate of drug-likeness (QED) is 0.928. The van der Waals surface area contributed by atoms with Crippen molar-refractivity contribution in [3.05, 3.63) is 23.8 Å². The first-order chi connectivity index (χ1) is 10.8. The maximum absolute atomic E-state index is 12.5. The van der Waals surface area contributed by atoms with Crippen LogP contribution < -0.4 is 14.8 Å². The highest BCUT2D eigenvalue weighted by atomic mass is 16.6. The largest absolute Gasteiger partial charge is 0.486 e. The van der Waals surface area contributed by atoms with E-state index in [1.54, 1.807) is 0 Å². The molecule has 0 aromatic heterocycles. The van der Waals surface area contributed by atoms with Gasteiger partial charge in [0.05, 0.1) is 5.54 Å². The molecular formula is C17H21NO4. The second-order valence-corrected chi connectivity index (χ2v) is 6.32. The summed E-state index contributed by atoms with van der Waals surface area (Å²) in [6, 6.07) is 6.01. The second-order valence-electron chi connectivity index (χ2n) is 6.32. The summed E-state index contributed by atoms with van der Waals surface area (Å²) in [6.45, 7) is 2.56. The third-order valence-electron chi connectivity index (χ3n) is 4.80. The number of ether oxygens (including phenoxy) is 3. The van der Waals surface area contributed by atoms with E-state index in [0.717, 1.165) is 42.7 Å². The fraction of sp³-hybridized carbons (Fsp3) is 0.588. The summed E-state index contributed by atoms with van der Waals surface area (Å²) in [5.74, 6) is 1.83. The molecule has 1 aliphatic carbocycles. The van der Waals surface area contributed by atoms with E-state index in [4.69, 9.17) is 14.2 Å². The van der Waals surface area contributed by atoms with Crippen LogP contribution in [0.25, 0.3) is 0 Å². The number of carbonyl (C=O) groups is 1. The van der Waals surface area contributed by atoms with E-state index in [1.165, 1.54) is 0 Å². The van der Waals surface area contributed by atoms with Gasteiger partial charge >= 0.3 is 0 Å². The minimum Gasteiger partial charge on any atom is -0.486 e.